The number of para-hydroxylation sites is 1. The maximum absolute atomic E-state index is 12.8. The van der Waals surface area contributed by atoms with Crippen LogP contribution in [0.25, 0.3) is 10.9 Å². The second kappa shape index (κ2) is 7.50. The lowest BCUT2D eigenvalue weighted by molar-refractivity contribution is -0.141. The molecule has 1 amide bonds. The maximum atomic E-state index is 12.8. The quantitative estimate of drug-likeness (QED) is 0.712. The third-order valence-electron chi connectivity index (χ3n) is 5.84. The van der Waals surface area contributed by atoms with E-state index in [1.807, 2.05) is 42.6 Å². The molecule has 0 unspecified atom stereocenters. The number of rotatable bonds is 5. The summed E-state index contributed by atoms with van der Waals surface area (Å²) in [6.45, 7) is 2.81. The number of hydrogen-bond donors (Lipinski definition) is 2. The average molecular weight is 376 g/mol. The molecular weight excluding hydrogens is 352 g/mol. The Morgan fingerprint density at radius 1 is 1.11 bits per heavy atom. The van der Waals surface area contributed by atoms with Crippen LogP contribution in [0.1, 0.15) is 29.0 Å². The van der Waals surface area contributed by atoms with Crippen molar-refractivity contribution < 1.29 is 14.7 Å². The molecule has 5 nitrogen and oxygen atoms in total. The van der Waals surface area contributed by atoms with Crippen molar-refractivity contribution in [3.05, 3.63) is 71.4 Å². The lowest BCUT2D eigenvalue weighted by atomic mass is 9.89. The van der Waals surface area contributed by atoms with Gasteiger partial charge in [-0.1, -0.05) is 48.5 Å². The molecule has 0 spiro atoms. The number of aliphatic carboxylic acids is 1. The van der Waals surface area contributed by atoms with Gasteiger partial charge in [-0.05, 0) is 30.0 Å². The lowest BCUT2D eigenvalue weighted by Crippen LogP contribution is -2.30. The maximum Gasteiger partial charge on any atom is 0.308 e. The molecule has 0 saturated carbocycles. The topological polar surface area (TPSA) is 73.4 Å². The standard InChI is InChI=1S/C23H24N2O3/c1-15-6-5-9-18-17(12-24-22(15)18)10-11-21(26)25-13-19(20(14-25)23(27)28)16-7-3-2-4-8-16/h2-9,12,19-20,24H,10-11,13-14H2,1H3,(H,27,28)/t19-,20-/m0/s1. The predicted molar refractivity (Wildman–Crippen MR) is 108 cm³/mol. The number of aryl methyl sites for hydroxylation is 2. The fraction of sp³-hybridized carbons (Fsp3) is 0.304. The molecule has 144 valence electrons. The van der Waals surface area contributed by atoms with Gasteiger partial charge in [0.15, 0.2) is 0 Å². The SMILES string of the molecule is Cc1cccc2c(CCC(=O)N3C[C@H](C(=O)O)[C@H](c4ccccc4)C3)c[nH]c12. The van der Waals surface area contributed by atoms with E-state index >= 15 is 0 Å². The van der Waals surface area contributed by atoms with Crippen molar-refractivity contribution in [1.82, 2.24) is 9.88 Å². The minimum atomic E-state index is -0.837. The normalized spacial score (nSPS) is 19.2. The summed E-state index contributed by atoms with van der Waals surface area (Å²) < 4.78 is 0. The van der Waals surface area contributed by atoms with Crippen LogP contribution in [0.5, 0.6) is 0 Å². The van der Waals surface area contributed by atoms with Crippen LogP contribution < -0.4 is 0 Å². The zero-order chi connectivity index (χ0) is 19.7. The number of carbonyl (C=O) groups excluding carboxylic acids is 1. The molecule has 1 aromatic heterocycles. The number of carbonyl (C=O) groups is 2. The number of carboxylic acids is 1. The van der Waals surface area contributed by atoms with Gasteiger partial charge in [0.2, 0.25) is 5.91 Å². The van der Waals surface area contributed by atoms with Crippen LogP contribution in [0.15, 0.2) is 54.7 Å². The van der Waals surface area contributed by atoms with Crippen molar-refractivity contribution >= 4 is 22.8 Å². The van der Waals surface area contributed by atoms with Crippen molar-refractivity contribution in [2.24, 2.45) is 5.92 Å². The van der Waals surface area contributed by atoms with E-state index in [9.17, 15) is 14.7 Å². The Morgan fingerprint density at radius 2 is 1.89 bits per heavy atom. The first-order valence-electron chi connectivity index (χ1n) is 9.65. The van der Waals surface area contributed by atoms with Crippen LogP contribution in [-0.4, -0.2) is 40.0 Å². The van der Waals surface area contributed by atoms with E-state index in [1.54, 1.807) is 4.90 Å². The van der Waals surface area contributed by atoms with Gasteiger partial charge >= 0.3 is 5.97 Å². The molecule has 1 saturated heterocycles. The van der Waals surface area contributed by atoms with Crippen LogP contribution in [0.3, 0.4) is 0 Å². The molecule has 1 aliphatic heterocycles. The molecule has 0 radical (unpaired) electrons. The van der Waals surface area contributed by atoms with Gasteiger partial charge < -0.3 is 15.0 Å². The predicted octanol–water partition coefficient (Wildman–Crippen LogP) is 3.74. The Morgan fingerprint density at radius 3 is 2.64 bits per heavy atom. The van der Waals surface area contributed by atoms with Gasteiger partial charge in [0, 0.05) is 42.5 Å². The van der Waals surface area contributed by atoms with Gasteiger partial charge in [0.25, 0.3) is 0 Å². The number of aromatic amines is 1. The number of likely N-dealkylation sites (tertiary alicyclic amines) is 1. The molecule has 1 aliphatic rings. The largest absolute Gasteiger partial charge is 0.481 e. The van der Waals surface area contributed by atoms with Crippen molar-refractivity contribution in [2.45, 2.75) is 25.7 Å². The smallest absolute Gasteiger partial charge is 0.308 e. The van der Waals surface area contributed by atoms with E-state index in [4.69, 9.17) is 0 Å². The molecule has 0 aliphatic carbocycles. The van der Waals surface area contributed by atoms with E-state index in [2.05, 4.69) is 24.0 Å². The zero-order valence-corrected chi connectivity index (χ0v) is 15.9. The summed E-state index contributed by atoms with van der Waals surface area (Å²) in [4.78, 5) is 29.6. The van der Waals surface area contributed by atoms with E-state index in [0.29, 0.717) is 19.4 Å². The highest BCUT2D eigenvalue weighted by molar-refractivity contribution is 5.87. The number of hydrogen-bond acceptors (Lipinski definition) is 2. The van der Waals surface area contributed by atoms with Crippen molar-refractivity contribution in [1.29, 1.82) is 0 Å². The first-order valence-corrected chi connectivity index (χ1v) is 9.65. The van der Waals surface area contributed by atoms with Crippen LogP contribution in [0.2, 0.25) is 0 Å². The van der Waals surface area contributed by atoms with Gasteiger partial charge in [0.1, 0.15) is 0 Å². The first-order chi connectivity index (χ1) is 13.5. The number of fused-ring (bicyclic) bond motifs is 1. The van der Waals surface area contributed by atoms with Gasteiger partial charge in [-0.15, -0.1) is 0 Å². The Hall–Kier alpha value is -3.08. The highest BCUT2D eigenvalue weighted by atomic mass is 16.4. The molecule has 2 N–H and O–H groups in total. The number of aromatic nitrogens is 1. The monoisotopic (exact) mass is 376 g/mol. The minimum absolute atomic E-state index is 0.0201. The molecule has 2 heterocycles. The second-order valence-corrected chi connectivity index (χ2v) is 7.57. The van der Waals surface area contributed by atoms with E-state index in [1.165, 1.54) is 5.56 Å². The average Bonchev–Trinajstić information content (AvgIpc) is 3.32. The van der Waals surface area contributed by atoms with Gasteiger partial charge in [-0.3, -0.25) is 9.59 Å². The lowest BCUT2D eigenvalue weighted by Gasteiger charge is -2.16. The summed E-state index contributed by atoms with van der Waals surface area (Å²) >= 11 is 0. The molecule has 2 atom stereocenters. The third-order valence-corrected chi connectivity index (χ3v) is 5.84. The summed E-state index contributed by atoms with van der Waals surface area (Å²) in [6, 6.07) is 15.8. The Balaban J connectivity index is 1.46. The van der Waals surface area contributed by atoms with Gasteiger partial charge in [-0.2, -0.15) is 0 Å². The zero-order valence-electron chi connectivity index (χ0n) is 15.9. The summed E-state index contributed by atoms with van der Waals surface area (Å²) in [6.07, 6.45) is 3.00. The molecule has 1 fully saturated rings. The van der Waals surface area contributed by atoms with Crippen molar-refractivity contribution in [3.63, 3.8) is 0 Å². The molecule has 28 heavy (non-hydrogen) atoms. The molecule has 5 heteroatoms. The number of carboxylic acid groups (broad SMARTS) is 1. The Kier molecular flexibility index (Phi) is 4.90. The number of benzene rings is 2. The van der Waals surface area contributed by atoms with Crippen LogP contribution >= 0.6 is 0 Å². The van der Waals surface area contributed by atoms with Crippen LogP contribution in [0.4, 0.5) is 0 Å². The summed E-state index contributed by atoms with van der Waals surface area (Å²) in [5.74, 6) is -1.52. The molecule has 0 bridgehead atoms. The van der Waals surface area contributed by atoms with E-state index in [-0.39, 0.29) is 18.4 Å². The summed E-state index contributed by atoms with van der Waals surface area (Å²) in [7, 11) is 0. The van der Waals surface area contributed by atoms with Crippen LogP contribution in [0, 0.1) is 12.8 Å². The fourth-order valence-corrected chi connectivity index (χ4v) is 4.27. The second-order valence-electron chi connectivity index (χ2n) is 7.57. The number of nitrogens with one attached hydrogen (secondary N) is 1. The Bertz CT molecular complexity index is 1010. The van der Waals surface area contributed by atoms with E-state index in [0.717, 1.165) is 22.0 Å². The van der Waals surface area contributed by atoms with Gasteiger partial charge in [0.05, 0.1) is 5.92 Å². The van der Waals surface area contributed by atoms with Crippen molar-refractivity contribution in [2.75, 3.05) is 13.1 Å². The summed E-state index contributed by atoms with van der Waals surface area (Å²) in [5.41, 5.74) is 4.41. The molecular formula is C23H24N2O3. The Labute approximate surface area is 164 Å². The fourth-order valence-electron chi connectivity index (χ4n) is 4.27. The van der Waals surface area contributed by atoms with Gasteiger partial charge in [-0.25, -0.2) is 0 Å². The first kappa shape index (κ1) is 18.3. The minimum Gasteiger partial charge on any atom is -0.481 e. The molecule has 4 rings (SSSR count). The molecule has 3 aromatic rings. The third kappa shape index (κ3) is 3.40. The molecule has 2 aromatic carbocycles. The van der Waals surface area contributed by atoms with E-state index < -0.39 is 11.9 Å². The highest BCUT2D eigenvalue weighted by Crippen LogP contribution is 2.33. The van der Waals surface area contributed by atoms with Crippen molar-refractivity contribution in [3.8, 4) is 0 Å². The van der Waals surface area contributed by atoms with Crippen LogP contribution in [-0.2, 0) is 16.0 Å². The number of amides is 1. The number of H-pyrrole nitrogens is 1. The highest BCUT2D eigenvalue weighted by Gasteiger charge is 2.40. The summed E-state index contributed by atoms with van der Waals surface area (Å²) in [5, 5.41) is 10.8. The number of nitrogens with zero attached hydrogens (tertiary/aromatic N) is 1.